The molecule has 1 aromatic heterocycles. The monoisotopic (exact) mass is 356 g/mol. The summed E-state index contributed by atoms with van der Waals surface area (Å²) in [6.45, 7) is 8.74. The molecule has 2 aromatic rings. The highest BCUT2D eigenvalue weighted by atomic mass is 16.5. The lowest BCUT2D eigenvalue weighted by Crippen LogP contribution is -2.36. The minimum absolute atomic E-state index is 0.0929. The smallest absolute Gasteiger partial charge is 0.214 e. The van der Waals surface area contributed by atoms with E-state index in [-0.39, 0.29) is 12.7 Å². The Morgan fingerprint density at radius 2 is 1.77 bits per heavy atom. The first-order chi connectivity index (χ1) is 12.2. The van der Waals surface area contributed by atoms with E-state index in [4.69, 9.17) is 10.5 Å². The number of pyridine rings is 1. The molecule has 142 valence electrons. The number of hydrogen-bond donors (Lipinski definition) is 2. The van der Waals surface area contributed by atoms with Crippen molar-refractivity contribution >= 4 is 10.9 Å². The lowest BCUT2D eigenvalue weighted by atomic mass is 9.72. The first kappa shape index (κ1) is 19.1. The van der Waals surface area contributed by atoms with Crippen LogP contribution in [-0.2, 0) is 5.54 Å². The molecule has 1 aliphatic carbocycles. The van der Waals surface area contributed by atoms with Crippen molar-refractivity contribution in [1.82, 2.24) is 4.98 Å². The van der Waals surface area contributed by atoms with Gasteiger partial charge in [0.05, 0.1) is 17.7 Å². The van der Waals surface area contributed by atoms with E-state index in [9.17, 15) is 5.11 Å². The van der Waals surface area contributed by atoms with Crippen LogP contribution in [0.2, 0.25) is 0 Å². The quantitative estimate of drug-likeness (QED) is 0.853. The molecule has 1 heterocycles. The summed E-state index contributed by atoms with van der Waals surface area (Å²) in [6.07, 6.45) is 4.91. The van der Waals surface area contributed by atoms with Crippen LogP contribution in [0.3, 0.4) is 0 Å². The van der Waals surface area contributed by atoms with Gasteiger partial charge in [-0.15, -0.1) is 0 Å². The standard InChI is InChI=1S/C22H32N2O2/c1-21(2,3)16-6-9-18(10-7-16)26-20-12-5-15-13-17(22(4,23)14-25)8-11-19(15)24-20/h5,8,11-13,16,18,25H,6-7,9-10,14,23H2,1-4H3/t16?,18?,22-/m1/s1. The van der Waals surface area contributed by atoms with Crippen LogP contribution in [0.15, 0.2) is 30.3 Å². The van der Waals surface area contributed by atoms with Crippen molar-refractivity contribution in [2.24, 2.45) is 17.1 Å². The molecule has 1 aliphatic rings. The number of benzene rings is 1. The Kier molecular flexibility index (Phi) is 5.27. The zero-order chi connectivity index (χ0) is 18.9. The van der Waals surface area contributed by atoms with Crippen molar-refractivity contribution in [3.63, 3.8) is 0 Å². The Hall–Kier alpha value is -1.65. The van der Waals surface area contributed by atoms with Crippen LogP contribution in [0.1, 0.15) is 58.9 Å². The van der Waals surface area contributed by atoms with Gasteiger partial charge in [0.25, 0.3) is 0 Å². The summed E-state index contributed by atoms with van der Waals surface area (Å²) >= 11 is 0. The molecule has 0 radical (unpaired) electrons. The molecule has 3 N–H and O–H groups in total. The maximum absolute atomic E-state index is 9.45. The molecule has 26 heavy (non-hydrogen) atoms. The number of ether oxygens (including phenoxy) is 1. The predicted octanol–water partition coefficient (Wildman–Crippen LogP) is 4.38. The topological polar surface area (TPSA) is 68.4 Å². The summed E-state index contributed by atoms with van der Waals surface area (Å²) in [5.74, 6) is 1.48. The van der Waals surface area contributed by atoms with Crippen molar-refractivity contribution in [2.45, 2.75) is 65.0 Å². The fraction of sp³-hybridized carbons (Fsp3) is 0.591. The van der Waals surface area contributed by atoms with Gasteiger partial charge < -0.3 is 15.6 Å². The second-order valence-electron chi connectivity index (χ2n) is 9.09. The van der Waals surface area contributed by atoms with Gasteiger partial charge >= 0.3 is 0 Å². The lowest BCUT2D eigenvalue weighted by Gasteiger charge is -2.36. The molecule has 4 heteroatoms. The Morgan fingerprint density at radius 1 is 1.08 bits per heavy atom. The normalized spacial score (nSPS) is 23.6. The van der Waals surface area contributed by atoms with Crippen molar-refractivity contribution in [2.75, 3.05) is 6.61 Å². The third-order valence-electron chi connectivity index (χ3n) is 5.84. The molecule has 0 aliphatic heterocycles. The number of nitrogens with two attached hydrogens (primary N) is 1. The largest absolute Gasteiger partial charge is 0.474 e. The van der Waals surface area contributed by atoms with Crippen LogP contribution < -0.4 is 10.5 Å². The fourth-order valence-corrected chi connectivity index (χ4v) is 3.84. The second-order valence-corrected chi connectivity index (χ2v) is 9.09. The van der Waals surface area contributed by atoms with Crippen LogP contribution in [-0.4, -0.2) is 22.8 Å². The van der Waals surface area contributed by atoms with Gasteiger partial charge in [-0.1, -0.05) is 26.8 Å². The molecule has 0 spiro atoms. The van der Waals surface area contributed by atoms with Crippen LogP contribution in [0.4, 0.5) is 0 Å². The fourth-order valence-electron chi connectivity index (χ4n) is 3.84. The summed E-state index contributed by atoms with van der Waals surface area (Å²) in [6, 6.07) is 9.85. The molecule has 0 amide bonds. The highest BCUT2D eigenvalue weighted by molar-refractivity contribution is 5.80. The average molecular weight is 357 g/mol. The van der Waals surface area contributed by atoms with Crippen molar-refractivity contribution in [3.05, 3.63) is 35.9 Å². The molecule has 0 bridgehead atoms. The molecular formula is C22H32N2O2. The van der Waals surface area contributed by atoms with Gasteiger partial charge in [0.2, 0.25) is 5.88 Å². The van der Waals surface area contributed by atoms with Crippen LogP contribution in [0.5, 0.6) is 5.88 Å². The van der Waals surface area contributed by atoms with Gasteiger partial charge in [-0.2, -0.15) is 0 Å². The summed E-state index contributed by atoms with van der Waals surface area (Å²) in [4.78, 5) is 4.66. The van der Waals surface area contributed by atoms with Crippen molar-refractivity contribution in [1.29, 1.82) is 0 Å². The summed E-state index contributed by atoms with van der Waals surface area (Å²) in [7, 11) is 0. The van der Waals surface area contributed by atoms with E-state index in [0.717, 1.165) is 35.2 Å². The lowest BCUT2D eigenvalue weighted by molar-refractivity contribution is 0.0854. The number of rotatable bonds is 4. The Morgan fingerprint density at radius 3 is 2.38 bits per heavy atom. The zero-order valence-corrected chi connectivity index (χ0v) is 16.5. The number of aliphatic hydroxyl groups is 1. The maximum Gasteiger partial charge on any atom is 0.214 e. The Balaban J connectivity index is 1.69. The number of aliphatic hydroxyl groups excluding tert-OH is 1. The third kappa shape index (κ3) is 4.18. The molecule has 3 rings (SSSR count). The first-order valence-electron chi connectivity index (χ1n) is 9.67. The van der Waals surface area contributed by atoms with E-state index in [2.05, 4.69) is 25.8 Å². The molecule has 4 nitrogen and oxygen atoms in total. The number of aromatic nitrogens is 1. The van der Waals surface area contributed by atoms with Crippen LogP contribution in [0.25, 0.3) is 10.9 Å². The van der Waals surface area contributed by atoms with Gasteiger partial charge in [0.1, 0.15) is 6.10 Å². The van der Waals surface area contributed by atoms with Gasteiger partial charge in [0, 0.05) is 11.5 Å². The average Bonchev–Trinajstić information content (AvgIpc) is 2.61. The Labute approximate surface area is 156 Å². The first-order valence-corrected chi connectivity index (χ1v) is 9.67. The van der Waals surface area contributed by atoms with E-state index in [0.29, 0.717) is 11.3 Å². The van der Waals surface area contributed by atoms with E-state index in [1.165, 1.54) is 12.8 Å². The molecular weight excluding hydrogens is 324 g/mol. The van der Waals surface area contributed by atoms with Gasteiger partial charge in [-0.3, -0.25) is 0 Å². The molecule has 1 atom stereocenters. The van der Waals surface area contributed by atoms with Crippen molar-refractivity contribution < 1.29 is 9.84 Å². The minimum Gasteiger partial charge on any atom is -0.474 e. The van der Waals surface area contributed by atoms with Crippen LogP contribution >= 0.6 is 0 Å². The SMILES string of the molecule is CC(C)(C)C1CCC(Oc2ccc3cc([C@](C)(N)CO)ccc3n2)CC1. The van der Waals surface area contributed by atoms with E-state index in [1.54, 1.807) is 0 Å². The second kappa shape index (κ2) is 7.16. The molecule has 0 saturated heterocycles. The molecule has 1 fully saturated rings. The van der Waals surface area contributed by atoms with Gasteiger partial charge in [-0.05, 0) is 67.7 Å². The number of hydrogen-bond acceptors (Lipinski definition) is 4. The predicted molar refractivity (Wildman–Crippen MR) is 106 cm³/mol. The van der Waals surface area contributed by atoms with Gasteiger partial charge in [0.15, 0.2) is 0 Å². The van der Waals surface area contributed by atoms with Crippen molar-refractivity contribution in [3.8, 4) is 5.88 Å². The van der Waals surface area contributed by atoms with E-state index < -0.39 is 5.54 Å². The third-order valence-corrected chi connectivity index (χ3v) is 5.84. The number of nitrogens with zero attached hydrogens (tertiary/aromatic N) is 1. The molecule has 1 aromatic carbocycles. The zero-order valence-electron chi connectivity index (χ0n) is 16.5. The summed E-state index contributed by atoms with van der Waals surface area (Å²) < 4.78 is 6.17. The molecule has 1 saturated carbocycles. The Bertz CT molecular complexity index is 756. The highest BCUT2D eigenvalue weighted by Crippen LogP contribution is 2.38. The molecule has 0 unspecified atom stereocenters. The summed E-state index contributed by atoms with van der Waals surface area (Å²) in [5, 5.41) is 10.5. The van der Waals surface area contributed by atoms with Crippen LogP contribution in [0, 0.1) is 11.3 Å². The highest BCUT2D eigenvalue weighted by Gasteiger charge is 2.30. The number of fused-ring (bicyclic) bond motifs is 1. The summed E-state index contributed by atoms with van der Waals surface area (Å²) in [5.41, 5.74) is 7.57. The van der Waals surface area contributed by atoms with Gasteiger partial charge in [-0.25, -0.2) is 4.98 Å². The van der Waals surface area contributed by atoms with E-state index in [1.807, 2.05) is 37.3 Å². The van der Waals surface area contributed by atoms with E-state index >= 15 is 0 Å². The minimum atomic E-state index is -0.741. The maximum atomic E-state index is 9.45.